The van der Waals surface area contributed by atoms with Crippen LogP contribution in [0.25, 0.3) is 0 Å². The molecule has 11 heteroatoms. The van der Waals surface area contributed by atoms with Gasteiger partial charge in [0.1, 0.15) is 11.6 Å². The van der Waals surface area contributed by atoms with Gasteiger partial charge in [-0.1, -0.05) is 30.3 Å². The van der Waals surface area contributed by atoms with E-state index in [9.17, 15) is 23.2 Å². The molecular formula is C22H33F2N3O6. The highest BCUT2D eigenvalue weighted by atomic mass is 19.3. The fourth-order valence-corrected chi connectivity index (χ4v) is 2.61. The van der Waals surface area contributed by atoms with Crippen LogP contribution in [0.2, 0.25) is 0 Å². The summed E-state index contributed by atoms with van der Waals surface area (Å²) in [6.45, 7) is 2.09. The Bertz CT molecular complexity index is 758. The van der Waals surface area contributed by atoms with Crippen molar-refractivity contribution in [1.29, 1.82) is 0 Å². The van der Waals surface area contributed by atoms with Crippen LogP contribution in [0, 0.1) is 0 Å². The number of carbonyl (C=O) groups is 3. The minimum absolute atomic E-state index is 0.175. The second kappa shape index (κ2) is 13.9. The summed E-state index contributed by atoms with van der Waals surface area (Å²) in [4.78, 5) is 37.3. The molecule has 1 aromatic carbocycles. The molecule has 186 valence electrons. The van der Waals surface area contributed by atoms with Gasteiger partial charge in [-0.05, 0) is 32.8 Å². The highest BCUT2D eigenvalue weighted by Gasteiger charge is 2.50. The van der Waals surface area contributed by atoms with Crippen molar-refractivity contribution in [2.24, 2.45) is 5.73 Å². The highest BCUT2D eigenvalue weighted by Crippen LogP contribution is 2.29. The smallest absolute Gasteiger partial charge is 0.345 e. The number of Topliss-reactive ketones (excluding diaryl/α,β-unsaturated/α-hetero) is 1. The van der Waals surface area contributed by atoms with Gasteiger partial charge in [-0.25, -0.2) is 0 Å². The van der Waals surface area contributed by atoms with Crippen molar-refractivity contribution in [1.82, 2.24) is 10.6 Å². The SMILES string of the molecule is CC(N)C(=O)N[C@@H](COC(F)F)C(=O)NC(Cc1ccccc1)C(=O)C1(C)CO1.CCOC. The summed E-state index contributed by atoms with van der Waals surface area (Å²) in [5.41, 5.74) is 5.24. The molecule has 0 aromatic heterocycles. The van der Waals surface area contributed by atoms with Crippen LogP contribution < -0.4 is 16.4 Å². The lowest BCUT2D eigenvalue weighted by Crippen LogP contribution is -2.57. The maximum atomic E-state index is 12.8. The number of rotatable bonds is 12. The van der Waals surface area contributed by atoms with Gasteiger partial charge in [0, 0.05) is 13.7 Å². The van der Waals surface area contributed by atoms with Gasteiger partial charge < -0.3 is 30.6 Å². The minimum Gasteiger partial charge on any atom is -0.385 e. The molecular weight excluding hydrogens is 440 g/mol. The topological polar surface area (TPSA) is 132 Å². The van der Waals surface area contributed by atoms with Gasteiger partial charge in [-0.15, -0.1) is 0 Å². The number of benzene rings is 1. The van der Waals surface area contributed by atoms with E-state index in [1.165, 1.54) is 6.92 Å². The van der Waals surface area contributed by atoms with Gasteiger partial charge in [0.15, 0.2) is 5.78 Å². The molecule has 3 unspecified atom stereocenters. The zero-order valence-electron chi connectivity index (χ0n) is 19.3. The molecule has 1 heterocycles. The summed E-state index contributed by atoms with van der Waals surface area (Å²) in [6, 6.07) is 5.59. The lowest BCUT2D eigenvalue weighted by molar-refractivity contribution is -0.148. The van der Waals surface area contributed by atoms with Crippen molar-refractivity contribution >= 4 is 17.6 Å². The molecule has 1 saturated heterocycles. The number of hydrogen-bond donors (Lipinski definition) is 3. The van der Waals surface area contributed by atoms with Gasteiger partial charge in [0.25, 0.3) is 0 Å². The number of hydrogen-bond acceptors (Lipinski definition) is 7. The fraction of sp³-hybridized carbons (Fsp3) is 0.591. The Labute approximate surface area is 192 Å². The average Bonchev–Trinajstić information content (AvgIpc) is 3.54. The molecule has 0 saturated carbocycles. The molecule has 1 aromatic rings. The number of ether oxygens (including phenoxy) is 3. The number of nitrogens with one attached hydrogen (secondary N) is 2. The maximum Gasteiger partial charge on any atom is 0.345 e. The number of nitrogens with two attached hydrogens (primary N) is 1. The predicted molar refractivity (Wildman–Crippen MR) is 117 cm³/mol. The summed E-state index contributed by atoms with van der Waals surface area (Å²) in [5, 5.41) is 4.79. The largest absolute Gasteiger partial charge is 0.385 e. The van der Waals surface area contributed by atoms with E-state index in [4.69, 9.17) is 10.5 Å². The molecule has 33 heavy (non-hydrogen) atoms. The van der Waals surface area contributed by atoms with Crippen LogP contribution in [0.5, 0.6) is 0 Å². The normalized spacial score (nSPS) is 19.5. The Balaban J connectivity index is 0.00000125. The van der Waals surface area contributed by atoms with E-state index in [1.54, 1.807) is 38.3 Å². The first-order chi connectivity index (χ1) is 15.5. The number of ketones is 1. The molecule has 0 radical (unpaired) electrons. The Morgan fingerprint density at radius 2 is 1.70 bits per heavy atom. The van der Waals surface area contributed by atoms with E-state index in [-0.39, 0.29) is 18.8 Å². The van der Waals surface area contributed by atoms with Crippen LogP contribution in [0.4, 0.5) is 8.78 Å². The molecule has 1 aliphatic heterocycles. The van der Waals surface area contributed by atoms with Gasteiger partial charge in [-0.3, -0.25) is 14.4 Å². The fourth-order valence-electron chi connectivity index (χ4n) is 2.61. The van der Waals surface area contributed by atoms with Crippen LogP contribution in [0.15, 0.2) is 30.3 Å². The second-order valence-electron chi connectivity index (χ2n) is 7.66. The molecule has 1 aliphatic rings. The number of alkyl halides is 2. The second-order valence-corrected chi connectivity index (χ2v) is 7.66. The lowest BCUT2D eigenvalue weighted by Gasteiger charge is -2.24. The maximum absolute atomic E-state index is 12.8. The van der Waals surface area contributed by atoms with Gasteiger partial charge in [-0.2, -0.15) is 8.78 Å². The Kier molecular flexibility index (Phi) is 12.1. The number of epoxide rings is 1. The van der Waals surface area contributed by atoms with Gasteiger partial charge >= 0.3 is 6.61 Å². The Morgan fingerprint density at radius 1 is 1.15 bits per heavy atom. The standard InChI is InChI=1S/C19H25F2N3O5.C3H8O/c1-11(22)16(26)24-14(9-28-18(20)21)17(27)23-13(15(25)19(2)10-29-19)8-12-6-4-3-5-7-12;1-3-4-2/h3-7,11,13-14,18H,8-10,22H2,1-2H3,(H,23,27)(H,24,26);3H2,1-2H3/t11?,13?,14-,19?;/m0./s1. The first-order valence-electron chi connectivity index (χ1n) is 10.5. The average molecular weight is 474 g/mol. The van der Waals surface area contributed by atoms with Crippen LogP contribution in [-0.2, 0) is 35.0 Å². The summed E-state index contributed by atoms with van der Waals surface area (Å²) in [7, 11) is 1.68. The zero-order chi connectivity index (χ0) is 25.0. The van der Waals surface area contributed by atoms with Crippen LogP contribution in [0.1, 0.15) is 26.3 Å². The molecule has 0 spiro atoms. The van der Waals surface area contributed by atoms with E-state index in [2.05, 4.69) is 20.1 Å². The molecule has 1 fully saturated rings. The third-order valence-corrected chi connectivity index (χ3v) is 4.74. The molecule has 2 rings (SSSR count). The molecule has 0 bridgehead atoms. The number of carbonyl (C=O) groups excluding carboxylic acids is 3. The first-order valence-corrected chi connectivity index (χ1v) is 10.5. The van der Waals surface area contributed by atoms with E-state index in [0.717, 1.165) is 12.2 Å². The molecule has 9 nitrogen and oxygen atoms in total. The van der Waals surface area contributed by atoms with Gasteiger partial charge in [0.05, 0.1) is 25.3 Å². The van der Waals surface area contributed by atoms with Crippen LogP contribution in [-0.4, -0.2) is 74.9 Å². The van der Waals surface area contributed by atoms with Crippen molar-refractivity contribution in [2.45, 2.75) is 57.5 Å². The summed E-state index contributed by atoms with van der Waals surface area (Å²) >= 11 is 0. The Hall–Kier alpha value is -2.47. The van der Waals surface area contributed by atoms with Crippen molar-refractivity contribution in [3.8, 4) is 0 Å². The minimum atomic E-state index is -3.13. The van der Waals surface area contributed by atoms with E-state index >= 15 is 0 Å². The summed E-state index contributed by atoms with van der Waals surface area (Å²) in [5.74, 6) is -1.90. The van der Waals surface area contributed by atoms with Crippen molar-refractivity contribution in [3.63, 3.8) is 0 Å². The predicted octanol–water partition coefficient (Wildman–Crippen LogP) is 0.796. The number of amides is 2. The third-order valence-electron chi connectivity index (χ3n) is 4.74. The first kappa shape index (κ1) is 28.6. The molecule has 0 aliphatic carbocycles. The monoisotopic (exact) mass is 473 g/mol. The van der Waals surface area contributed by atoms with Crippen molar-refractivity contribution in [3.05, 3.63) is 35.9 Å². The summed E-state index contributed by atoms with van der Waals surface area (Å²) in [6.07, 6.45) is 0.175. The van der Waals surface area contributed by atoms with Gasteiger partial charge in [0.2, 0.25) is 11.8 Å². The molecule has 2 amide bonds. The van der Waals surface area contributed by atoms with Crippen LogP contribution in [0.3, 0.4) is 0 Å². The lowest BCUT2D eigenvalue weighted by atomic mass is 9.94. The van der Waals surface area contributed by atoms with E-state index in [0.29, 0.717) is 0 Å². The van der Waals surface area contributed by atoms with E-state index < -0.39 is 48.8 Å². The number of methoxy groups -OCH3 is 1. The van der Waals surface area contributed by atoms with Crippen molar-refractivity contribution < 1.29 is 37.4 Å². The third kappa shape index (κ3) is 10.3. The molecule has 4 N–H and O–H groups in total. The van der Waals surface area contributed by atoms with E-state index in [1.807, 2.05) is 13.0 Å². The van der Waals surface area contributed by atoms with Crippen molar-refractivity contribution in [2.75, 3.05) is 26.9 Å². The highest BCUT2D eigenvalue weighted by molar-refractivity contribution is 5.98. The zero-order valence-corrected chi connectivity index (χ0v) is 19.3. The number of halogens is 2. The molecule has 4 atom stereocenters. The van der Waals surface area contributed by atoms with Crippen LogP contribution >= 0.6 is 0 Å². The quantitative estimate of drug-likeness (QED) is 0.383. The summed E-state index contributed by atoms with van der Waals surface area (Å²) < 4.78 is 38.8. The Morgan fingerprint density at radius 3 is 2.15 bits per heavy atom.